The van der Waals surface area contributed by atoms with Gasteiger partial charge < -0.3 is 10.5 Å². The van der Waals surface area contributed by atoms with Crippen LogP contribution in [-0.4, -0.2) is 22.5 Å². The van der Waals surface area contributed by atoms with Gasteiger partial charge in [0.2, 0.25) is 0 Å². The number of hydrogen-bond donors (Lipinski definition) is 1. The highest BCUT2D eigenvalue weighted by Gasteiger charge is 2.26. The summed E-state index contributed by atoms with van der Waals surface area (Å²) in [6, 6.07) is 5.34. The van der Waals surface area contributed by atoms with Crippen LogP contribution in [-0.2, 0) is 9.53 Å². The zero-order chi connectivity index (χ0) is 15.1. The summed E-state index contributed by atoms with van der Waals surface area (Å²) in [5.74, 6) is -0.450. The van der Waals surface area contributed by atoms with Gasteiger partial charge in [-0.3, -0.25) is 9.78 Å². The van der Waals surface area contributed by atoms with E-state index in [4.69, 9.17) is 22.7 Å². The quantitative estimate of drug-likeness (QED) is 0.646. The van der Waals surface area contributed by atoms with Crippen LogP contribution in [0.4, 0.5) is 0 Å². The number of nitrogens with zero attached hydrogens (tertiary/aromatic N) is 1. The number of pyridine rings is 1. The lowest BCUT2D eigenvalue weighted by atomic mass is 9.87. The summed E-state index contributed by atoms with van der Waals surface area (Å²) in [4.78, 5) is 16.5. The molecular formula is C16H22N2O2S. The van der Waals surface area contributed by atoms with E-state index in [1.54, 1.807) is 18.3 Å². The van der Waals surface area contributed by atoms with Gasteiger partial charge in [0.25, 0.3) is 0 Å². The van der Waals surface area contributed by atoms with Gasteiger partial charge in [0.15, 0.2) is 0 Å². The molecule has 1 aromatic heterocycles. The van der Waals surface area contributed by atoms with Gasteiger partial charge in [-0.05, 0) is 24.5 Å². The van der Waals surface area contributed by atoms with E-state index in [1.807, 2.05) is 6.07 Å². The fourth-order valence-electron chi connectivity index (χ4n) is 2.81. The summed E-state index contributed by atoms with van der Waals surface area (Å²) in [5.41, 5.74) is 6.22. The molecule has 1 unspecified atom stereocenters. The third-order valence-electron chi connectivity index (χ3n) is 4.00. The second-order valence-corrected chi connectivity index (χ2v) is 6.02. The van der Waals surface area contributed by atoms with Crippen LogP contribution in [0.1, 0.15) is 50.1 Å². The topological polar surface area (TPSA) is 65.2 Å². The molecular weight excluding hydrogens is 284 g/mol. The van der Waals surface area contributed by atoms with E-state index in [2.05, 4.69) is 4.98 Å². The lowest BCUT2D eigenvalue weighted by Gasteiger charge is -2.21. The predicted molar refractivity (Wildman–Crippen MR) is 85.9 cm³/mol. The molecule has 0 aliphatic heterocycles. The largest absolute Gasteiger partial charge is 0.465 e. The summed E-state index contributed by atoms with van der Waals surface area (Å²) >= 11 is 4.99. The van der Waals surface area contributed by atoms with Crippen molar-refractivity contribution in [2.75, 3.05) is 6.61 Å². The van der Waals surface area contributed by atoms with Gasteiger partial charge in [0.1, 0.15) is 5.92 Å². The number of rotatable bonds is 6. The molecule has 114 valence electrons. The number of aromatic nitrogens is 1. The Morgan fingerprint density at radius 1 is 1.38 bits per heavy atom. The van der Waals surface area contributed by atoms with Crippen molar-refractivity contribution in [3.05, 3.63) is 30.1 Å². The lowest BCUT2D eigenvalue weighted by Crippen LogP contribution is -2.29. The van der Waals surface area contributed by atoms with Crippen molar-refractivity contribution >= 4 is 23.2 Å². The Morgan fingerprint density at radius 3 is 2.76 bits per heavy atom. The number of ether oxygens (including phenoxy) is 1. The van der Waals surface area contributed by atoms with Crippen LogP contribution >= 0.6 is 12.2 Å². The average Bonchev–Trinajstić information content (AvgIpc) is 2.49. The predicted octanol–water partition coefficient (Wildman–Crippen LogP) is 2.96. The van der Waals surface area contributed by atoms with Gasteiger partial charge in [-0.15, -0.1) is 0 Å². The number of hydrogen-bond acceptors (Lipinski definition) is 4. The average molecular weight is 306 g/mol. The molecule has 2 rings (SSSR count). The van der Waals surface area contributed by atoms with Crippen LogP contribution in [0.25, 0.3) is 0 Å². The molecule has 1 aliphatic rings. The standard InChI is InChI=1S/C16H22N2O2S/c17-15(21)14(13-8-4-5-10-18-13)16(19)20-11-9-12-6-2-1-3-7-12/h4-5,8,10,12,14H,1-3,6-7,9,11H2,(H2,17,21). The second kappa shape index (κ2) is 8.08. The first-order valence-corrected chi connectivity index (χ1v) is 7.96. The molecule has 4 nitrogen and oxygen atoms in total. The molecule has 0 saturated heterocycles. The number of carbonyl (C=O) groups is 1. The molecule has 1 fully saturated rings. The van der Waals surface area contributed by atoms with Gasteiger partial charge in [0, 0.05) is 6.20 Å². The first-order valence-electron chi connectivity index (χ1n) is 7.55. The Hall–Kier alpha value is -1.49. The van der Waals surface area contributed by atoms with Crippen LogP contribution in [0, 0.1) is 5.92 Å². The minimum atomic E-state index is -0.743. The van der Waals surface area contributed by atoms with Crippen LogP contribution in [0.2, 0.25) is 0 Å². The molecule has 2 N–H and O–H groups in total. The lowest BCUT2D eigenvalue weighted by molar-refractivity contribution is -0.144. The highest BCUT2D eigenvalue weighted by atomic mass is 32.1. The molecule has 1 aromatic rings. The zero-order valence-electron chi connectivity index (χ0n) is 12.2. The summed E-state index contributed by atoms with van der Waals surface area (Å²) in [6.45, 7) is 0.440. The molecule has 5 heteroatoms. The van der Waals surface area contributed by atoms with Crippen LogP contribution < -0.4 is 5.73 Å². The number of esters is 1. The van der Waals surface area contributed by atoms with E-state index in [1.165, 1.54) is 32.1 Å². The Morgan fingerprint density at radius 2 is 2.14 bits per heavy atom. The molecule has 21 heavy (non-hydrogen) atoms. The normalized spacial score (nSPS) is 17.1. The van der Waals surface area contributed by atoms with Gasteiger partial charge in [-0.1, -0.05) is 50.4 Å². The van der Waals surface area contributed by atoms with E-state index >= 15 is 0 Å². The smallest absolute Gasteiger partial charge is 0.321 e. The van der Waals surface area contributed by atoms with Crippen LogP contribution in [0.15, 0.2) is 24.4 Å². The minimum absolute atomic E-state index is 0.108. The fraction of sp³-hybridized carbons (Fsp3) is 0.562. The summed E-state index contributed by atoms with van der Waals surface area (Å²) in [5, 5.41) is 0. The van der Waals surface area contributed by atoms with E-state index < -0.39 is 11.9 Å². The van der Waals surface area contributed by atoms with Crippen LogP contribution in [0.3, 0.4) is 0 Å². The van der Waals surface area contributed by atoms with Crippen molar-refractivity contribution < 1.29 is 9.53 Å². The van der Waals surface area contributed by atoms with Crippen molar-refractivity contribution in [3.8, 4) is 0 Å². The second-order valence-electron chi connectivity index (χ2n) is 5.55. The monoisotopic (exact) mass is 306 g/mol. The van der Waals surface area contributed by atoms with Crippen molar-refractivity contribution in [3.63, 3.8) is 0 Å². The highest BCUT2D eigenvalue weighted by molar-refractivity contribution is 7.80. The van der Waals surface area contributed by atoms with E-state index in [0.29, 0.717) is 18.2 Å². The maximum atomic E-state index is 12.2. The Labute approximate surface area is 131 Å². The number of thiocarbonyl (C=S) groups is 1. The van der Waals surface area contributed by atoms with Crippen molar-refractivity contribution in [2.24, 2.45) is 11.7 Å². The highest BCUT2D eigenvalue weighted by Crippen LogP contribution is 2.26. The molecule has 0 amide bonds. The Kier molecular flexibility index (Phi) is 6.11. The van der Waals surface area contributed by atoms with Gasteiger partial charge in [0.05, 0.1) is 17.3 Å². The minimum Gasteiger partial charge on any atom is -0.465 e. The first-order chi connectivity index (χ1) is 10.2. The zero-order valence-corrected chi connectivity index (χ0v) is 13.0. The molecule has 1 aliphatic carbocycles. The van der Waals surface area contributed by atoms with Crippen molar-refractivity contribution in [1.82, 2.24) is 4.98 Å². The third-order valence-corrected chi connectivity index (χ3v) is 4.23. The van der Waals surface area contributed by atoms with Crippen molar-refractivity contribution in [2.45, 2.75) is 44.4 Å². The van der Waals surface area contributed by atoms with Gasteiger partial charge in [-0.25, -0.2) is 0 Å². The fourth-order valence-corrected chi connectivity index (χ4v) is 3.03. The summed E-state index contributed by atoms with van der Waals surface area (Å²) in [7, 11) is 0. The number of nitrogens with two attached hydrogens (primary N) is 1. The number of carbonyl (C=O) groups excluding carboxylic acids is 1. The molecule has 0 radical (unpaired) electrons. The molecule has 0 aromatic carbocycles. The third kappa shape index (κ3) is 4.77. The van der Waals surface area contributed by atoms with Gasteiger partial charge in [-0.2, -0.15) is 0 Å². The Bertz CT molecular complexity index is 472. The summed E-state index contributed by atoms with van der Waals surface area (Å²) in [6.07, 6.45) is 8.96. The molecule has 1 atom stereocenters. The maximum Gasteiger partial charge on any atom is 0.321 e. The first kappa shape index (κ1) is 15.9. The Balaban J connectivity index is 1.86. The molecule has 0 bridgehead atoms. The molecule has 0 spiro atoms. The van der Waals surface area contributed by atoms with E-state index in [-0.39, 0.29) is 4.99 Å². The summed E-state index contributed by atoms with van der Waals surface area (Å²) < 4.78 is 5.38. The molecule has 1 heterocycles. The molecule has 1 saturated carbocycles. The van der Waals surface area contributed by atoms with Gasteiger partial charge >= 0.3 is 5.97 Å². The van der Waals surface area contributed by atoms with E-state index in [0.717, 1.165) is 6.42 Å². The van der Waals surface area contributed by atoms with Crippen molar-refractivity contribution in [1.29, 1.82) is 0 Å². The van der Waals surface area contributed by atoms with E-state index in [9.17, 15) is 4.79 Å². The van der Waals surface area contributed by atoms with Crippen LogP contribution in [0.5, 0.6) is 0 Å². The SMILES string of the molecule is NC(=S)C(C(=O)OCCC1CCCCC1)c1ccccn1. The maximum absolute atomic E-state index is 12.2.